The first-order chi connectivity index (χ1) is 12.4. The third kappa shape index (κ3) is 3.78. The maximum atomic E-state index is 12.5. The molecule has 2 aromatic heterocycles. The number of nitrogens with zero attached hydrogens (tertiary/aromatic N) is 3. The SMILES string of the molecule is C/C(Cl)=C\CSc1nc2c(c(=O)[nH]c(=O)n2C)n1Cc1cccc(C)c1. The van der Waals surface area contributed by atoms with Crippen LogP contribution in [0, 0.1) is 6.92 Å². The Morgan fingerprint density at radius 1 is 1.38 bits per heavy atom. The standard InChI is InChI=1S/C18H19ClN4O2S/c1-11-5-4-6-13(9-11)10-23-14-15(22(3)17(25)21-16(14)24)20-18(23)26-8-7-12(2)19/h4-7,9H,8,10H2,1-3H3,(H,21,24,25)/b12-7+. The van der Waals surface area contributed by atoms with Crippen LogP contribution >= 0.6 is 23.4 Å². The summed E-state index contributed by atoms with van der Waals surface area (Å²) < 4.78 is 3.21. The fourth-order valence-corrected chi connectivity index (χ4v) is 3.81. The van der Waals surface area contributed by atoms with E-state index in [-0.39, 0.29) is 0 Å². The molecule has 136 valence electrons. The lowest BCUT2D eigenvalue weighted by molar-refractivity contribution is 0.728. The molecule has 0 bridgehead atoms. The molecule has 6 nitrogen and oxygen atoms in total. The average molecular weight is 391 g/mol. The van der Waals surface area contributed by atoms with Gasteiger partial charge >= 0.3 is 5.69 Å². The molecule has 0 saturated heterocycles. The van der Waals surface area contributed by atoms with E-state index in [1.807, 2.05) is 42.7 Å². The third-order valence-corrected chi connectivity index (χ3v) is 5.03. The summed E-state index contributed by atoms with van der Waals surface area (Å²) in [5, 5.41) is 1.37. The van der Waals surface area contributed by atoms with E-state index in [9.17, 15) is 9.59 Å². The lowest BCUT2D eigenvalue weighted by Crippen LogP contribution is -2.29. The Hall–Kier alpha value is -2.25. The van der Waals surface area contributed by atoms with Gasteiger partial charge < -0.3 is 4.57 Å². The first-order valence-corrected chi connectivity index (χ1v) is 9.43. The van der Waals surface area contributed by atoms with Gasteiger partial charge in [0.25, 0.3) is 5.56 Å². The minimum Gasteiger partial charge on any atom is -0.309 e. The van der Waals surface area contributed by atoms with Crippen molar-refractivity contribution < 1.29 is 0 Å². The molecule has 0 saturated carbocycles. The van der Waals surface area contributed by atoms with E-state index in [0.29, 0.717) is 33.7 Å². The molecule has 2 heterocycles. The van der Waals surface area contributed by atoms with Crippen molar-refractivity contribution in [2.45, 2.75) is 25.5 Å². The summed E-state index contributed by atoms with van der Waals surface area (Å²) in [7, 11) is 1.60. The number of nitrogens with one attached hydrogen (secondary N) is 1. The van der Waals surface area contributed by atoms with Crippen molar-refractivity contribution in [1.29, 1.82) is 0 Å². The zero-order valence-electron chi connectivity index (χ0n) is 14.7. The molecule has 3 aromatic rings. The summed E-state index contributed by atoms with van der Waals surface area (Å²) in [6, 6.07) is 8.08. The van der Waals surface area contributed by atoms with Crippen LogP contribution in [0.2, 0.25) is 0 Å². The van der Waals surface area contributed by atoms with Crippen LogP contribution in [-0.2, 0) is 13.6 Å². The predicted molar refractivity (Wildman–Crippen MR) is 106 cm³/mol. The normalized spacial score (nSPS) is 12.1. The van der Waals surface area contributed by atoms with Crippen LogP contribution in [0.25, 0.3) is 11.2 Å². The number of hydrogen-bond acceptors (Lipinski definition) is 4. The number of rotatable bonds is 5. The zero-order chi connectivity index (χ0) is 18.8. The summed E-state index contributed by atoms with van der Waals surface area (Å²) in [6.45, 7) is 4.33. The number of aryl methyl sites for hydroxylation is 2. The maximum Gasteiger partial charge on any atom is 0.329 e. The van der Waals surface area contributed by atoms with Crippen molar-refractivity contribution in [2.24, 2.45) is 7.05 Å². The summed E-state index contributed by atoms with van der Waals surface area (Å²) >= 11 is 7.37. The monoisotopic (exact) mass is 390 g/mol. The van der Waals surface area contributed by atoms with Crippen molar-refractivity contribution in [3.8, 4) is 0 Å². The Morgan fingerprint density at radius 3 is 2.85 bits per heavy atom. The van der Waals surface area contributed by atoms with Gasteiger partial charge in [-0.25, -0.2) is 9.78 Å². The minimum absolute atomic E-state index is 0.375. The summed E-state index contributed by atoms with van der Waals surface area (Å²) in [6.07, 6.45) is 1.88. The fraction of sp³-hybridized carbons (Fsp3) is 0.278. The molecule has 0 fully saturated rings. The number of aromatic nitrogens is 4. The van der Waals surface area contributed by atoms with Crippen LogP contribution in [0.1, 0.15) is 18.1 Å². The quantitative estimate of drug-likeness (QED) is 0.679. The van der Waals surface area contributed by atoms with Crippen LogP contribution < -0.4 is 11.2 Å². The van der Waals surface area contributed by atoms with Gasteiger partial charge in [-0.15, -0.1) is 0 Å². The van der Waals surface area contributed by atoms with Crippen LogP contribution in [0.5, 0.6) is 0 Å². The number of aromatic amines is 1. The molecule has 0 unspecified atom stereocenters. The lowest BCUT2D eigenvalue weighted by atomic mass is 10.1. The van der Waals surface area contributed by atoms with Gasteiger partial charge in [0, 0.05) is 17.8 Å². The second-order valence-corrected chi connectivity index (χ2v) is 7.65. The number of thioether (sulfide) groups is 1. The van der Waals surface area contributed by atoms with Crippen molar-refractivity contribution in [3.05, 3.63) is 67.3 Å². The molecular formula is C18H19ClN4O2S. The van der Waals surface area contributed by atoms with Crippen molar-refractivity contribution in [2.75, 3.05) is 5.75 Å². The Balaban J connectivity index is 2.16. The topological polar surface area (TPSA) is 72.7 Å². The van der Waals surface area contributed by atoms with Gasteiger partial charge in [0.05, 0.1) is 6.54 Å². The largest absolute Gasteiger partial charge is 0.329 e. The van der Waals surface area contributed by atoms with Crippen LogP contribution in [0.4, 0.5) is 0 Å². The fourth-order valence-electron chi connectivity index (χ4n) is 2.70. The molecule has 0 aliphatic rings. The van der Waals surface area contributed by atoms with Crippen molar-refractivity contribution in [1.82, 2.24) is 19.1 Å². The summed E-state index contributed by atoms with van der Waals surface area (Å²) in [5.41, 5.74) is 2.06. The number of hydrogen-bond donors (Lipinski definition) is 1. The molecule has 3 rings (SSSR count). The van der Waals surface area contributed by atoms with Gasteiger partial charge in [0.1, 0.15) is 0 Å². The highest BCUT2D eigenvalue weighted by Gasteiger charge is 2.17. The molecular weight excluding hydrogens is 372 g/mol. The van der Waals surface area contributed by atoms with E-state index in [1.165, 1.54) is 16.3 Å². The summed E-state index contributed by atoms with van der Waals surface area (Å²) in [4.78, 5) is 31.3. The van der Waals surface area contributed by atoms with E-state index in [2.05, 4.69) is 16.0 Å². The van der Waals surface area contributed by atoms with E-state index in [1.54, 1.807) is 7.05 Å². The predicted octanol–water partition coefficient (Wildman–Crippen LogP) is 3.01. The summed E-state index contributed by atoms with van der Waals surface area (Å²) in [5.74, 6) is 0.623. The lowest BCUT2D eigenvalue weighted by Gasteiger charge is -2.09. The molecule has 0 atom stereocenters. The van der Waals surface area contributed by atoms with E-state index in [0.717, 1.165) is 11.1 Å². The highest BCUT2D eigenvalue weighted by Crippen LogP contribution is 2.23. The minimum atomic E-state index is -0.476. The molecule has 0 aliphatic carbocycles. The second-order valence-electron chi connectivity index (χ2n) is 6.06. The highest BCUT2D eigenvalue weighted by molar-refractivity contribution is 7.99. The zero-order valence-corrected chi connectivity index (χ0v) is 16.3. The Bertz CT molecular complexity index is 1110. The van der Waals surface area contributed by atoms with Gasteiger partial charge in [0.2, 0.25) is 0 Å². The number of H-pyrrole nitrogens is 1. The third-order valence-electron chi connectivity index (χ3n) is 3.97. The van der Waals surface area contributed by atoms with Crippen molar-refractivity contribution in [3.63, 3.8) is 0 Å². The molecule has 0 spiro atoms. The number of allylic oxidation sites excluding steroid dienone is 1. The first-order valence-electron chi connectivity index (χ1n) is 8.07. The van der Waals surface area contributed by atoms with Gasteiger partial charge in [-0.2, -0.15) is 0 Å². The van der Waals surface area contributed by atoms with Crippen LogP contribution in [0.15, 0.2) is 50.1 Å². The molecule has 0 radical (unpaired) electrons. The molecule has 8 heteroatoms. The van der Waals surface area contributed by atoms with Crippen LogP contribution in [0.3, 0.4) is 0 Å². The maximum absolute atomic E-state index is 12.5. The Labute approximate surface area is 159 Å². The van der Waals surface area contributed by atoms with E-state index < -0.39 is 11.2 Å². The smallest absolute Gasteiger partial charge is 0.309 e. The second kappa shape index (κ2) is 7.55. The number of halogens is 1. The van der Waals surface area contributed by atoms with E-state index in [4.69, 9.17) is 11.6 Å². The molecule has 0 aliphatic heterocycles. The van der Waals surface area contributed by atoms with Gasteiger partial charge in [-0.1, -0.05) is 59.3 Å². The number of imidazole rings is 1. The number of fused-ring (bicyclic) bond motifs is 1. The Morgan fingerprint density at radius 2 is 2.15 bits per heavy atom. The molecule has 26 heavy (non-hydrogen) atoms. The van der Waals surface area contributed by atoms with Gasteiger partial charge in [-0.05, 0) is 19.4 Å². The van der Waals surface area contributed by atoms with E-state index >= 15 is 0 Å². The Kier molecular flexibility index (Phi) is 5.38. The van der Waals surface area contributed by atoms with Gasteiger partial charge in [0.15, 0.2) is 16.3 Å². The molecule has 1 aromatic carbocycles. The number of benzene rings is 1. The van der Waals surface area contributed by atoms with Crippen molar-refractivity contribution >= 4 is 34.5 Å². The highest BCUT2D eigenvalue weighted by atomic mass is 35.5. The van der Waals surface area contributed by atoms with Gasteiger partial charge in [-0.3, -0.25) is 14.3 Å². The first kappa shape index (κ1) is 18.5. The molecule has 0 amide bonds. The molecule has 1 N–H and O–H groups in total. The average Bonchev–Trinajstić information content (AvgIpc) is 2.92. The van der Waals surface area contributed by atoms with Crippen LogP contribution in [-0.4, -0.2) is 24.9 Å².